The number of pyridine rings is 1. The Kier molecular flexibility index (Phi) is 5.55. The Hall–Kier alpha value is -0.740. The summed E-state index contributed by atoms with van der Waals surface area (Å²) in [6.07, 6.45) is 7.02. The number of hydrogen-bond donors (Lipinski definition) is 1. The molecule has 1 N–H and O–H groups in total. The Morgan fingerprint density at radius 3 is 2.67 bits per heavy atom. The van der Waals surface area contributed by atoms with Crippen molar-refractivity contribution < 1.29 is 4.79 Å². The molecule has 2 rings (SSSR count). The first-order valence-electron chi connectivity index (χ1n) is 7.46. The van der Waals surface area contributed by atoms with Crippen molar-refractivity contribution in [2.45, 2.75) is 50.2 Å². The van der Waals surface area contributed by atoms with E-state index in [1.165, 1.54) is 25.7 Å². The maximum Gasteiger partial charge on any atom is 0.251 e. The number of amides is 1. The van der Waals surface area contributed by atoms with E-state index in [0.717, 1.165) is 12.2 Å². The molecule has 116 valence electrons. The molecular weight excluding hydrogens is 304 g/mol. The lowest BCUT2D eigenvalue weighted by atomic mass is 10.1. The molecule has 0 atom stereocenters. The van der Waals surface area contributed by atoms with E-state index in [2.05, 4.69) is 16.6 Å². The summed E-state index contributed by atoms with van der Waals surface area (Å²) in [7, 11) is 0. The van der Waals surface area contributed by atoms with Gasteiger partial charge < -0.3 is 5.32 Å². The maximum absolute atomic E-state index is 12.4. The van der Waals surface area contributed by atoms with E-state index < -0.39 is 0 Å². The topological polar surface area (TPSA) is 42.0 Å². The first kappa shape index (κ1) is 16.6. The highest BCUT2D eigenvalue weighted by atomic mass is 35.5. The second-order valence-corrected chi connectivity index (χ2v) is 7.70. The normalized spacial score (nSPS) is 17.2. The van der Waals surface area contributed by atoms with Crippen molar-refractivity contribution in [2.75, 3.05) is 12.8 Å². The van der Waals surface area contributed by atoms with Gasteiger partial charge in [0, 0.05) is 22.5 Å². The number of aromatic nitrogens is 1. The van der Waals surface area contributed by atoms with Crippen LogP contribution in [0.2, 0.25) is 5.15 Å². The second-order valence-electron chi connectivity index (χ2n) is 6.04. The molecule has 0 aromatic carbocycles. The SMILES string of the molecule is CSC1(CNC(=O)c2cc(Cl)nc(C(C)C)c2)CCCC1. The minimum atomic E-state index is -0.0541. The lowest BCUT2D eigenvalue weighted by Crippen LogP contribution is -2.38. The van der Waals surface area contributed by atoms with Gasteiger partial charge in [-0.3, -0.25) is 4.79 Å². The highest BCUT2D eigenvalue weighted by Gasteiger charge is 2.33. The Balaban J connectivity index is 2.06. The fourth-order valence-corrected chi connectivity index (χ4v) is 3.89. The van der Waals surface area contributed by atoms with Crippen LogP contribution in [0.4, 0.5) is 0 Å². The molecular formula is C16H23ClN2OS. The van der Waals surface area contributed by atoms with Crippen LogP contribution in [-0.4, -0.2) is 28.4 Å². The number of carbonyl (C=O) groups excluding carboxylic acids is 1. The van der Waals surface area contributed by atoms with Crippen LogP contribution in [0.15, 0.2) is 12.1 Å². The molecule has 0 aliphatic heterocycles. The average molecular weight is 327 g/mol. The molecule has 0 bridgehead atoms. The number of carbonyl (C=O) groups is 1. The van der Waals surface area contributed by atoms with Gasteiger partial charge >= 0.3 is 0 Å². The lowest BCUT2D eigenvalue weighted by Gasteiger charge is -2.27. The first-order chi connectivity index (χ1) is 9.96. The van der Waals surface area contributed by atoms with Crippen molar-refractivity contribution in [2.24, 2.45) is 0 Å². The van der Waals surface area contributed by atoms with Crippen molar-refractivity contribution in [3.8, 4) is 0 Å². The van der Waals surface area contributed by atoms with Crippen LogP contribution < -0.4 is 5.32 Å². The van der Waals surface area contributed by atoms with E-state index in [4.69, 9.17) is 11.6 Å². The van der Waals surface area contributed by atoms with Crippen molar-refractivity contribution >= 4 is 29.3 Å². The van der Waals surface area contributed by atoms with Crippen LogP contribution in [0, 0.1) is 0 Å². The summed E-state index contributed by atoms with van der Waals surface area (Å²) in [5.41, 5.74) is 1.46. The maximum atomic E-state index is 12.4. The van der Waals surface area contributed by atoms with Crippen LogP contribution >= 0.6 is 23.4 Å². The third kappa shape index (κ3) is 4.13. The molecule has 0 unspecified atom stereocenters. The van der Waals surface area contributed by atoms with Gasteiger partial charge in [0.1, 0.15) is 5.15 Å². The summed E-state index contributed by atoms with van der Waals surface area (Å²) < 4.78 is 0.216. The second kappa shape index (κ2) is 7.01. The molecule has 1 heterocycles. The van der Waals surface area contributed by atoms with Gasteiger partial charge in [-0.2, -0.15) is 11.8 Å². The van der Waals surface area contributed by atoms with E-state index in [-0.39, 0.29) is 16.6 Å². The summed E-state index contributed by atoms with van der Waals surface area (Å²) >= 11 is 7.90. The Morgan fingerprint density at radius 2 is 2.10 bits per heavy atom. The zero-order valence-electron chi connectivity index (χ0n) is 12.9. The van der Waals surface area contributed by atoms with E-state index in [1.54, 1.807) is 6.07 Å². The quantitative estimate of drug-likeness (QED) is 0.822. The summed E-state index contributed by atoms with van der Waals surface area (Å²) in [6.45, 7) is 4.81. The Labute approximate surface area is 136 Å². The molecule has 1 fully saturated rings. The van der Waals surface area contributed by atoms with Crippen molar-refractivity contribution in [3.63, 3.8) is 0 Å². The summed E-state index contributed by atoms with van der Waals surface area (Å²) in [5.74, 6) is 0.198. The number of nitrogens with one attached hydrogen (secondary N) is 1. The van der Waals surface area contributed by atoms with Gasteiger partial charge in [0.05, 0.1) is 0 Å². The van der Waals surface area contributed by atoms with Crippen molar-refractivity contribution in [1.82, 2.24) is 10.3 Å². The molecule has 1 aliphatic rings. The van der Waals surface area contributed by atoms with Gasteiger partial charge in [0.25, 0.3) is 5.91 Å². The predicted octanol–water partition coefficient (Wildman–Crippen LogP) is 4.26. The Morgan fingerprint density at radius 1 is 1.43 bits per heavy atom. The third-order valence-electron chi connectivity index (χ3n) is 4.19. The molecule has 1 aromatic rings. The molecule has 5 heteroatoms. The molecule has 0 radical (unpaired) electrons. The van der Waals surface area contributed by atoms with Crippen LogP contribution in [0.5, 0.6) is 0 Å². The van der Waals surface area contributed by atoms with Crippen LogP contribution in [0.1, 0.15) is 61.5 Å². The number of thioether (sulfide) groups is 1. The highest BCUT2D eigenvalue weighted by Crippen LogP contribution is 2.39. The van der Waals surface area contributed by atoms with Crippen molar-refractivity contribution in [1.29, 1.82) is 0 Å². The fourth-order valence-electron chi connectivity index (χ4n) is 2.76. The Bertz CT molecular complexity index is 513. The number of halogens is 1. The number of hydrogen-bond acceptors (Lipinski definition) is 3. The third-order valence-corrected chi connectivity index (χ3v) is 5.80. The molecule has 21 heavy (non-hydrogen) atoms. The molecule has 0 saturated heterocycles. The van der Waals surface area contributed by atoms with Gasteiger partial charge in [-0.1, -0.05) is 38.3 Å². The predicted molar refractivity (Wildman–Crippen MR) is 90.4 cm³/mol. The zero-order chi connectivity index (χ0) is 15.5. The molecule has 3 nitrogen and oxygen atoms in total. The van der Waals surface area contributed by atoms with Gasteiger partial charge in [0.2, 0.25) is 0 Å². The number of rotatable bonds is 5. The molecule has 1 saturated carbocycles. The zero-order valence-corrected chi connectivity index (χ0v) is 14.5. The monoisotopic (exact) mass is 326 g/mol. The van der Waals surface area contributed by atoms with Gasteiger partial charge in [-0.15, -0.1) is 0 Å². The standard InChI is InChI=1S/C16H23ClN2OS/c1-11(2)13-8-12(9-14(17)19-13)15(20)18-10-16(21-3)6-4-5-7-16/h8-9,11H,4-7,10H2,1-3H3,(H,18,20). The van der Waals surface area contributed by atoms with Gasteiger partial charge in [0.15, 0.2) is 0 Å². The van der Waals surface area contributed by atoms with E-state index in [9.17, 15) is 4.79 Å². The minimum Gasteiger partial charge on any atom is -0.351 e. The minimum absolute atomic E-state index is 0.0541. The summed E-state index contributed by atoms with van der Waals surface area (Å²) in [5, 5.41) is 3.46. The van der Waals surface area contributed by atoms with Crippen LogP contribution in [0.3, 0.4) is 0 Å². The summed E-state index contributed by atoms with van der Waals surface area (Å²) in [6, 6.07) is 3.48. The smallest absolute Gasteiger partial charge is 0.251 e. The molecule has 1 aromatic heterocycles. The summed E-state index contributed by atoms with van der Waals surface area (Å²) in [4.78, 5) is 16.6. The van der Waals surface area contributed by atoms with Crippen molar-refractivity contribution in [3.05, 3.63) is 28.5 Å². The molecule has 1 aliphatic carbocycles. The first-order valence-corrected chi connectivity index (χ1v) is 9.07. The van der Waals surface area contributed by atoms with Gasteiger partial charge in [-0.05, 0) is 37.1 Å². The van der Waals surface area contributed by atoms with E-state index in [1.807, 2.05) is 31.7 Å². The fraction of sp³-hybridized carbons (Fsp3) is 0.625. The highest BCUT2D eigenvalue weighted by molar-refractivity contribution is 8.00. The molecule has 1 amide bonds. The van der Waals surface area contributed by atoms with Crippen LogP contribution in [0.25, 0.3) is 0 Å². The lowest BCUT2D eigenvalue weighted by molar-refractivity contribution is 0.0949. The number of nitrogens with zero attached hydrogens (tertiary/aromatic N) is 1. The average Bonchev–Trinajstić information content (AvgIpc) is 2.93. The largest absolute Gasteiger partial charge is 0.351 e. The van der Waals surface area contributed by atoms with E-state index >= 15 is 0 Å². The molecule has 0 spiro atoms. The van der Waals surface area contributed by atoms with Crippen LogP contribution in [-0.2, 0) is 0 Å². The van der Waals surface area contributed by atoms with E-state index in [0.29, 0.717) is 10.7 Å². The van der Waals surface area contributed by atoms with Gasteiger partial charge in [-0.25, -0.2) is 4.98 Å².